The fourth-order valence-electron chi connectivity index (χ4n) is 1.01. The van der Waals surface area contributed by atoms with Crippen LogP contribution >= 0.6 is 0 Å². The maximum absolute atomic E-state index is 9.38. The number of hydrogen-bond acceptors (Lipinski definition) is 3. The Labute approximate surface area is 88.2 Å². The third-order valence-electron chi connectivity index (χ3n) is 1.57. The van der Waals surface area contributed by atoms with Crippen molar-refractivity contribution >= 4 is 0 Å². The number of para-hydroxylation sites is 1. The molecule has 62 valence electrons. The molecule has 2 aromatic rings. The van der Waals surface area contributed by atoms with E-state index in [2.05, 4.69) is 4.98 Å². The Hall–Kier alpha value is -1.15. The normalized spacial score (nSPS) is 9.23. The van der Waals surface area contributed by atoms with Crippen molar-refractivity contribution < 1.29 is 29.0 Å². The van der Waals surface area contributed by atoms with Crippen LogP contribution in [0.1, 0.15) is 0 Å². The number of rotatable bonds is 1. The molecule has 1 aromatic carbocycles. The molecule has 0 bridgehead atoms. The molecule has 0 spiro atoms. The van der Waals surface area contributed by atoms with Crippen molar-refractivity contribution in [1.82, 2.24) is 4.98 Å². The van der Waals surface area contributed by atoms with E-state index in [9.17, 15) is 5.11 Å². The van der Waals surface area contributed by atoms with E-state index in [1.165, 1.54) is 6.26 Å². The van der Waals surface area contributed by atoms with Gasteiger partial charge < -0.3 is 9.52 Å². The minimum atomic E-state index is 0. The van der Waals surface area contributed by atoms with Crippen molar-refractivity contribution in [3.63, 3.8) is 0 Å². The standard InChI is InChI=1S/C9H7NO2.Zn/c11-8-4-2-1-3-7(8)9-10-5-6-12-9;/h1-6,11H;. The van der Waals surface area contributed by atoms with Gasteiger partial charge in [-0.15, -0.1) is 0 Å². The zero-order valence-electron chi connectivity index (χ0n) is 6.97. The van der Waals surface area contributed by atoms with Crippen LogP contribution < -0.4 is 0 Å². The van der Waals surface area contributed by atoms with E-state index in [1.54, 1.807) is 24.4 Å². The van der Waals surface area contributed by atoms with Gasteiger partial charge in [0.15, 0.2) is 0 Å². The van der Waals surface area contributed by atoms with E-state index < -0.39 is 0 Å². The van der Waals surface area contributed by atoms with Gasteiger partial charge in [-0.2, -0.15) is 0 Å². The zero-order chi connectivity index (χ0) is 8.39. The molecule has 3 nitrogen and oxygen atoms in total. The zero-order valence-corrected chi connectivity index (χ0v) is 9.94. The van der Waals surface area contributed by atoms with Crippen LogP contribution in [0.5, 0.6) is 5.75 Å². The number of hydrogen-bond donors (Lipinski definition) is 1. The summed E-state index contributed by atoms with van der Waals surface area (Å²) in [5, 5.41) is 9.38. The molecule has 1 heterocycles. The molecular formula is C9H7NO2Zn. The summed E-state index contributed by atoms with van der Waals surface area (Å²) in [4.78, 5) is 3.92. The number of phenolic OH excluding ortho intramolecular Hbond substituents is 1. The Kier molecular flexibility index (Phi) is 3.21. The Bertz CT molecular complexity index is 373. The van der Waals surface area contributed by atoms with Crippen molar-refractivity contribution in [3.8, 4) is 17.2 Å². The van der Waals surface area contributed by atoms with Crippen LogP contribution in [-0.4, -0.2) is 10.1 Å². The van der Waals surface area contributed by atoms with Crippen LogP contribution in [-0.2, 0) is 19.5 Å². The Morgan fingerprint density at radius 3 is 2.62 bits per heavy atom. The summed E-state index contributed by atoms with van der Waals surface area (Å²) < 4.78 is 5.03. The maximum atomic E-state index is 9.38. The first-order valence-electron chi connectivity index (χ1n) is 3.56. The molecule has 2 rings (SSSR count). The topological polar surface area (TPSA) is 46.3 Å². The van der Waals surface area contributed by atoms with Crippen LogP contribution in [0.2, 0.25) is 0 Å². The molecule has 1 N–H and O–H groups in total. The summed E-state index contributed by atoms with van der Waals surface area (Å²) in [5.41, 5.74) is 0.613. The Morgan fingerprint density at radius 1 is 1.23 bits per heavy atom. The molecule has 0 amide bonds. The van der Waals surface area contributed by atoms with Gasteiger partial charge >= 0.3 is 0 Å². The first-order chi connectivity index (χ1) is 5.88. The van der Waals surface area contributed by atoms with Crippen molar-refractivity contribution in [2.24, 2.45) is 0 Å². The molecule has 0 radical (unpaired) electrons. The minimum absolute atomic E-state index is 0. The summed E-state index contributed by atoms with van der Waals surface area (Å²) in [6.07, 6.45) is 3.02. The monoisotopic (exact) mass is 225 g/mol. The molecule has 13 heavy (non-hydrogen) atoms. The second kappa shape index (κ2) is 4.19. The predicted molar refractivity (Wildman–Crippen MR) is 43.6 cm³/mol. The van der Waals surface area contributed by atoms with Gasteiger partial charge in [-0.25, -0.2) is 4.98 Å². The fraction of sp³-hybridized carbons (Fsp3) is 0. The van der Waals surface area contributed by atoms with E-state index in [-0.39, 0.29) is 25.2 Å². The van der Waals surface area contributed by atoms with E-state index in [0.29, 0.717) is 11.5 Å². The van der Waals surface area contributed by atoms with Gasteiger partial charge in [0.1, 0.15) is 12.0 Å². The van der Waals surface area contributed by atoms with Crippen LogP contribution in [0.3, 0.4) is 0 Å². The van der Waals surface area contributed by atoms with Crippen molar-refractivity contribution in [3.05, 3.63) is 36.7 Å². The molecule has 0 aliphatic rings. The summed E-state index contributed by atoms with van der Waals surface area (Å²) in [7, 11) is 0. The molecule has 0 aliphatic carbocycles. The SMILES string of the molecule is Oc1ccccc1-c1ncco1.[Zn]. The van der Waals surface area contributed by atoms with Gasteiger partial charge in [-0.1, -0.05) is 12.1 Å². The number of aromatic hydroxyl groups is 1. The van der Waals surface area contributed by atoms with Gasteiger partial charge in [0.05, 0.1) is 11.8 Å². The first kappa shape index (κ1) is 9.94. The van der Waals surface area contributed by atoms with Crippen LogP contribution in [0.4, 0.5) is 0 Å². The molecule has 0 unspecified atom stereocenters. The van der Waals surface area contributed by atoms with Crippen LogP contribution in [0.25, 0.3) is 11.5 Å². The third kappa shape index (κ3) is 1.96. The molecule has 0 aliphatic heterocycles. The van der Waals surface area contributed by atoms with E-state index in [1.807, 2.05) is 6.07 Å². The molecular weight excluding hydrogens is 219 g/mol. The first-order valence-corrected chi connectivity index (χ1v) is 3.56. The van der Waals surface area contributed by atoms with Gasteiger partial charge in [-0.05, 0) is 12.1 Å². The Balaban J connectivity index is 0.000000845. The third-order valence-corrected chi connectivity index (χ3v) is 1.57. The number of nitrogens with zero attached hydrogens (tertiary/aromatic N) is 1. The number of benzene rings is 1. The number of oxazole rings is 1. The summed E-state index contributed by atoms with van der Waals surface area (Å²) in [5.74, 6) is 0.619. The molecule has 0 atom stereocenters. The average Bonchev–Trinajstić information content (AvgIpc) is 2.57. The predicted octanol–water partition coefficient (Wildman–Crippen LogP) is 2.04. The van der Waals surface area contributed by atoms with Gasteiger partial charge in [0.25, 0.3) is 0 Å². The second-order valence-corrected chi connectivity index (χ2v) is 2.35. The fourth-order valence-corrected chi connectivity index (χ4v) is 1.01. The molecule has 0 saturated heterocycles. The van der Waals surface area contributed by atoms with Gasteiger partial charge in [-0.3, -0.25) is 0 Å². The van der Waals surface area contributed by atoms with Crippen molar-refractivity contribution in [2.75, 3.05) is 0 Å². The molecule has 0 fully saturated rings. The summed E-state index contributed by atoms with van der Waals surface area (Å²) in [6.45, 7) is 0. The minimum Gasteiger partial charge on any atom is -0.507 e. The number of phenols is 1. The summed E-state index contributed by atoms with van der Waals surface area (Å²) in [6, 6.07) is 6.92. The molecule has 1 aromatic heterocycles. The van der Waals surface area contributed by atoms with Crippen LogP contribution in [0, 0.1) is 0 Å². The van der Waals surface area contributed by atoms with E-state index in [4.69, 9.17) is 4.42 Å². The number of aromatic nitrogens is 1. The average molecular weight is 227 g/mol. The second-order valence-electron chi connectivity index (χ2n) is 2.35. The largest absolute Gasteiger partial charge is 0.507 e. The van der Waals surface area contributed by atoms with Gasteiger partial charge in [0.2, 0.25) is 5.89 Å². The molecule has 0 saturated carbocycles. The van der Waals surface area contributed by atoms with Crippen LogP contribution in [0.15, 0.2) is 41.1 Å². The van der Waals surface area contributed by atoms with E-state index >= 15 is 0 Å². The van der Waals surface area contributed by atoms with Crippen molar-refractivity contribution in [2.45, 2.75) is 0 Å². The van der Waals surface area contributed by atoms with Crippen molar-refractivity contribution in [1.29, 1.82) is 0 Å². The van der Waals surface area contributed by atoms with Gasteiger partial charge in [0, 0.05) is 19.5 Å². The Morgan fingerprint density at radius 2 is 2.00 bits per heavy atom. The summed E-state index contributed by atoms with van der Waals surface area (Å²) >= 11 is 0. The molecule has 4 heteroatoms. The smallest absolute Gasteiger partial charge is 0.229 e. The quantitative estimate of drug-likeness (QED) is 0.757. The maximum Gasteiger partial charge on any atom is 0.229 e. The van der Waals surface area contributed by atoms with E-state index in [0.717, 1.165) is 0 Å².